The molecular weight excluding hydrogens is 685 g/mol. The summed E-state index contributed by atoms with van der Waals surface area (Å²) in [6.07, 6.45) is 0. The van der Waals surface area contributed by atoms with Gasteiger partial charge in [-0.1, -0.05) is 164 Å². The van der Waals surface area contributed by atoms with Crippen molar-refractivity contribution in [2.45, 2.75) is 0 Å². The minimum Gasteiger partial charge on any atom is -0.310 e. The van der Waals surface area contributed by atoms with Crippen LogP contribution in [0.25, 0.3) is 53.2 Å². The summed E-state index contributed by atoms with van der Waals surface area (Å²) in [6, 6.07) is 78.8. The Morgan fingerprint density at radius 2 is 0.800 bits per heavy atom. The van der Waals surface area contributed by atoms with Gasteiger partial charge in [0.2, 0.25) is 0 Å². The number of fused-ring (bicyclic) bond motifs is 5. The van der Waals surface area contributed by atoms with Crippen molar-refractivity contribution in [3.8, 4) is 22.3 Å². The number of hydrogen-bond acceptors (Lipinski definition) is 3. The Kier molecular flexibility index (Phi) is 8.40. The molecule has 0 amide bonds. The van der Waals surface area contributed by atoms with E-state index in [-0.39, 0.29) is 0 Å². The molecule has 0 unspecified atom stereocenters. The van der Waals surface area contributed by atoms with Crippen LogP contribution < -0.4 is 9.80 Å². The summed E-state index contributed by atoms with van der Waals surface area (Å²) >= 11 is 1.87. The van der Waals surface area contributed by atoms with Gasteiger partial charge in [-0.15, -0.1) is 11.3 Å². The van der Waals surface area contributed by atoms with Gasteiger partial charge < -0.3 is 9.80 Å². The Morgan fingerprint density at radius 1 is 0.309 bits per heavy atom. The first-order valence-corrected chi connectivity index (χ1v) is 19.5. The van der Waals surface area contributed by atoms with Crippen LogP contribution in [0.4, 0.5) is 34.1 Å². The van der Waals surface area contributed by atoms with Gasteiger partial charge in [0, 0.05) is 48.4 Å². The number of hydrogen-bond donors (Lipinski definition) is 0. The van der Waals surface area contributed by atoms with Gasteiger partial charge in [0.15, 0.2) is 0 Å². The average molecular weight is 721 g/mol. The molecule has 55 heavy (non-hydrogen) atoms. The van der Waals surface area contributed by atoms with Crippen LogP contribution in [0.1, 0.15) is 0 Å². The largest absolute Gasteiger partial charge is 0.310 e. The maximum Gasteiger partial charge on any atom is 0.0576 e. The molecule has 0 atom stereocenters. The highest BCUT2D eigenvalue weighted by atomic mass is 32.1. The second-order valence-electron chi connectivity index (χ2n) is 13.7. The molecular formula is C52H36N2S. The molecule has 1 aromatic heterocycles. The molecule has 0 aliphatic rings. The first-order valence-electron chi connectivity index (χ1n) is 18.7. The number of thiophene rings is 1. The monoisotopic (exact) mass is 720 g/mol. The van der Waals surface area contributed by atoms with E-state index < -0.39 is 0 Å². The Hall–Kier alpha value is -6.94. The maximum atomic E-state index is 2.48. The van der Waals surface area contributed by atoms with E-state index >= 15 is 0 Å². The van der Waals surface area contributed by atoms with E-state index in [9.17, 15) is 0 Å². The molecule has 0 radical (unpaired) electrons. The van der Waals surface area contributed by atoms with Crippen LogP contribution in [-0.4, -0.2) is 0 Å². The van der Waals surface area contributed by atoms with Gasteiger partial charge in [-0.2, -0.15) is 0 Å². The van der Waals surface area contributed by atoms with Crippen molar-refractivity contribution < 1.29 is 0 Å². The van der Waals surface area contributed by atoms with Gasteiger partial charge in [-0.05, 0) is 76.5 Å². The van der Waals surface area contributed by atoms with Gasteiger partial charge in [-0.3, -0.25) is 0 Å². The van der Waals surface area contributed by atoms with Crippen LogP contribution in [0.5, 0.6) is 0 Å². The van der Waals surface area contributed by atoms with E-state index in [0.29, 0.717) is 0 Å². The van der Waals surface area contributed by atoms with Crippen LogP contribution in [0.2, 0.25) is 0 Å². The third-order valence-corrected chi connectivity index (χ3v) is 11.5. The van der Waals surface area contributed by atoms with Crippen molar-refractivity contribution in [3.63, 3.8) is 0 Å². The van der Waals surface area contributed by atoms with Crippen LogP contribution >= 0.6 is 11.3 Å². The number of rotatable bonds is 8. The zero-order valence-electron chi connectivity index (χ0n) is 30.1. The van der Waals surface area contributed by atoms with Gasteiger partial charge >= 0.3 is 0 Å². The third kappa shape index (κ3) is 5.92. The quantitative estimate of drug-likeness (QED) is 0.154. The van der Waals surface area contributed by atoms with Crippen molar-refractivity contribution in [3.05, 3.63) is 218 Å². The molecule has 0 aliphatic carbocycles. The molecule has 260 valence electrons. The first-order chi connectivity index (χ1) is 27.3. The zero-order chi connectivity index (χ0) is 36.6. The van der Waals surface area contributed by atoms with E-state index in [0.717, 1.165) is 34.1 Å². The maximum absolute atomic E-state index is 2.48. The minimum absolute atomic E-state index is 1.09. The molecule has 0 N–H and O–H groups in total. The second kappa shape index (κ2) is 14.1. The van der Waals surface area contributed by atoms with Crippen molar-refractivity contribution in [1.82, 2.24) is 0 Å². The number of anilines is 6. The molecule has 0 saturated carbocycles. The smallest absolute Gasteiger partial charge is 0.0576 e. The molecule has 2 nitrogen and oxygen atoms in total. The fraction of sp³-hybridized carbons (Fsp3) is 0. The minimum atomic E-state index is 1.09. The molecule has 0 fully saturated rings. The Balaban J connectivity index is 1.34. The lowest BCUT2D eigenvalue weighted by molar-refractivity contribution is 1.26. The fourth-order valence-electron chi connectivity index (χ4n) is 7.99. The van der Waals surface area contributed by atoms with E-state index in [1.54, 1.807) is 0 Å². The summed E-state index contributed by atoms with van der Waals surface area (Å²) in [5.41, 5.74) is 11.3. The lowest BCUT2D eigenvalue weighted by Gasteiger charge is -2.32. The standard InChI is InChI=1S/C52H36N2S/c1-5-19-37(20-6-1)43-28-15-17-31-46(43)53(40-24-9-3-10-25-40)42-35-48(52-50(36-42)55-49-34-33-39-23-13-14-30-45(39)51(49)52)54(41-26-11-4-12-27-41)47-32-18-16-29-44(47)38-21-7-2-8-22-38/h1-36H. The average Bonchev–Trinajstić information content (AvgIpc) is 3.65. The van der Waals surface area contributed by atoms with Crippen LogP contribution in [-0.2, 0) is 0 Å². The SMILES string of the molecule is c1ccc(-c2ccccc2N(c2ccccc2)c2cc(N(c3ccccc3)c3ccccc3-c3ccccc3)c3c(c2)sc2ccc4ccccc4c23)cc1. The summed E-state index contributed by atoms with van der Waals surface area (Å²) in [5.74, 6) is 0. The molecule has 10 aromatic rings. The predicted octanol–water partition coefficient (Wildman–Crippen LogP) is 15.5. The van der Waals surface area contributed by atoms with Crippen LogP contribution in [0.3, 0.4) is 0 Å². The molecule has 0 bridgehead atoms. The Morgan fingerprint density at radius 3 is 1.42 bits per heavy atom. The summed E-state index contributed by atoms with van der Waals surface area (Å²) in [7, 11) is 0. The third-order valence-electron chi connectivity index (χ3n) is 10.4. The topological polar surface area (TPSA) is 6.48 Å². The molecule has 1 heterocycles. The van der Waals surface area contributed by atoms with Crippen molar-refractivity contribution >= 4 is 76.4 Å². The Bertz CT molecular complexity index is 2920. The summed E-state index contributed by atoms with van der Waals surface area (Å²) < 4.78 is 2.50. The zero-order valence-corrected chi connectivity index (χ0v) is 30.9. The molecule has 3 heteroatoms. The van der Waals surface area contributed by atoms with E-state index in [1.807, 2.05) is 11.3 Å². The van der Waals surface area contributed by atoms with E-state index in [4.69, 9.17) is 0 Å². The second-order valence-corrected chi connectivity index (χ2v) is 14.8. The summed E-state index contributed by atoms with van der Waals surface area (Å²) in [4.78, 5) is 4.91. The highest BCUT2D eigenvalue weighted by molar-refractivity contribution is 7.26. The number of para-hydroxylation sites is 4. The van der Waals surface area contributed by atoms with Gasteiger partial charge in [-0.25, -0.2) is 0 Å². The van der Waals surface area contributed by atoms with E-state index in [1.165, 1.54) is 53.2 Å². The molecule has 0 aliphatic heterocycles. The summed E-state index contributed by atoms with van der Waals surface area (Å²) in [6.45, 7) is 0. The van der Waals surface area contributed by atoms with Crippen molar-refractivity contribution in [2.24, 2.45) is 0 Å². The lowest BCUT2D eigenvalue weighted by atomic mass is 9.98. The van der Waals surface area contributed by atoms with Crippen LogP contribution in [0.15, 0.2) is 218 Å². The Labute approximate surface area is 325 Å². The van der Waals surface area contributed by atoms with Gasteiger partial charge in [0.1, 0.15) is 0 Å². The van der Waals surface area contributed by atoms with Crippen molar-refractivity contribution in [1.29, 1.82) is 0 Å². The lowest BCUT2D eigenvalue weighted by Crippen LogP contribution is -2.14. The number of nitrogens with zero attached hydrogens (tertiary/aromatic N) is 2. The fourth-order valence-corrected chi connectivity index (χ4v) is 9.16. The molecule has 9 aromatic carbocycles. The highest BCUT2D eigenvalue weighted by Gasteiger charge is 2.26. The molecule has 0 saturated heterocycles. The van der Waals surface area contributed by atoms with Crippen molar-refractivity contribution in [2.75, 3.05) is 9.80 Å². The number of benzene rings is 9. The summed E-state index contributed by atoms with van der Waals surface area (Å²) in [5, 5.41) is 5.03. The predicted molar refractivity (Wildman–Crippen MR) is 237 cm³/mol. The van der Waals surface area contributed by atoms with Gasteiger partial charge in [0.25, 0.3) is 0 Å². The van der Waals surface area contributed by atoms with E-state index in [2.05, 4.69) is 228 Å². The van der Waals surface area contributed by atoms with Gasteiger partial charge in [0.05, 0.1) is 17.1 Å². The highest BCUT2D eigenvalue weighted by Crippen LogP contribution is 2.52. The first kappa shape index (κ1) is 32.7. The molecule has 0 spiro atoms. The molecule has 10 rings (SSSR count). The van der Waals surface area contributed by atoms with Crippen LogP contribution in [0, 0.1) is 0 Å². The normalized spacial score (nSPS) is 11.3.